The summed E-state index contributed by atoms with van der Waals surface area (Å²) in [5.74, 6) is 1.93. The number of ether oxygens (including phenoxy) is 1. The van der Waals surface area contributed by atoms with Crippen LogP contribution in [0.1, 0.15) is 70.6 Å². The molecule has 4 nitrogen and oxygen atoms in total. The lowest BCUT2D eigenvalue weighted by Crippen LogP contribution is -2.63. The predicted molar refractivity (Wildman–Crippen MR) is 82.7 cm³/mol. The van der Waals surface area contributed by atoms with Crippen molar-refractivity contribution in [1.82, 2.24) is 5.06 Å². The molecule has 0 bridgehead atoms. The lowest BCUT2D eigenvalue weighted by Gasteiger charge is -2.48. The molecule has 2 saturated carbocycles. The predicted octanol–water partition coefficient (Wildman–Crippen LogP) is 3.65. The van der Waals surface area contributed by atoms with E-state index in [9.17, 15) is 4.79 Å². The van der Waals surface area contributed by atoms with Crippen LogP contribution in [0.25, 0.3) is 0 Å². The Hall–Kier alpha value is -0.610. The first kappa shape index (κ1) is 14.9. The molecule has 0 aromatic rings. The molecule has 124 valence electrons. The standard InChI is InChI=1S/C18H29NO3/c20-18-15(12-13-6-2-1-3-7-13)17(14-9-10-14)19(18)22-16-8-4-5-11-21-16/h13-17H,1-12H2/t15-,16?,17+/m1/s1. The molecule has 0 aromatic carbocycles. The maximum absolute atomic E-state index is 12.6. The van der Waals surface area contributed by atoms with E-state index in [2.05, 4.69) is 0 Å². The van der Waals surface area contributed by atoms with E-state index in [1.165, 1.54) is 44.9 Å². The molecular weight excluding hydrogens is 278 g/mol. The molecule has 0 aromatic heterocycles. The van der Waals surface area contributed by atoms with Crippen molar-refractivity contribution >= 4 is 5.91 Å². The van der Waals surface area contributed by atoms with Crippen molar-refractivity contribution in [2.24, 2.45) is 17.8 Å². The second kappa shape index (κ2) is 6.48. The fraction of sp³-hybridized carbons (Fsp3) is 0.944. The Morgan fingerprint density at radius 1 is 1.00 bits per heavy atom. The van der Waals surface area contributed by atoms with Crippen molar-refractivity contribution in [3.05, 3.63) is 0 Å². The van der Waals surface area contributed by atoms with Crippen LogP contribution in [-0.4, -0.2) is 29.9 Å². The van der Waals surface area contributed by atoms with Gasteiger partial charge in [-0.25, -0.2) is 9.90 Å². The van der Waals surface area contributed by atoms with E-state index in [0.29, 0.717) is 12.0 Å². The molecule has 0 spiro atoms. The van der Waals surface area contributed by atoms with Crippen LogP contribution in [0.5, 0.6) is 0 Å². The molecular formula is C18H29NO3. The van der Waals surface area contributed by atoms with Gasteiger partial charge in [-0.15, -0.1) is 0 Å². The number of carbonyl (C=O) groups is 1. The first-order valence-electron chi connectivity index (χ1n) is 9.44. The van der Waals surface area contributed by atoms with Crippen molar-refractivity contribution in [3.8, 4) is 0 Å². The maximum Gasteiger partial charge on any atom is 0.251 e. The second-order valence-corrected chi connectivity index (χ2v) is 7.74. The van der Waals surface area contributed by atoms with E-state index in [4.69, 9.17) is 9.57 Å². The molecule has 4 heteroatoms. The summed E-state index contributed by atoms with van der Waals surface area (Å²) in [6.07, 6.45) is 13.4. The Morgan fingerprint density at radius 3 is 2.45 bits per heavy atom. The molecule has 2 heterocycles. The normalized spacial score (nSPS) is 37.2. The quantitative estimate of drug-likeness (QED) is 0.728. The van der Waals surface area contributed by atoms with Crippen LogP contribution in [0.15, 0.2) is 0 Å². The minimum Gasteiger partial charge on any atom is -0.350 e. The Bertz CT molecular complexity index is 367. The van der Waals surface area contributed by atoms with Gasteiger partial charge < -0.3 is 4.74 Å². The van der Waals surface area contributed by atoms with Crippen molar-refractivity contribution in [3.63, 3.8) is 0 Å². The van der Waals surface area contributed by atoms with Gasteiger partial charge >= 0.3 is 0 Å². The molecule has 2 saturated heterocycles. The molecule has 1 amide bonds. The first-order chi connectivity index (χ1) is 10.8. The van der Waals surface area contributed by atoms with Gasteiger partial charge in [0.25, 0.3) is 5.91 Å². The van der Waals surface area contributed by atoms with Crippen molar-refractivity contribution < 1.29 is 14.4 Å². The third-order valence-corrected chi connectivity index (χ3v) is 6.00. The summed E-state index contributed by atoms with van der Waals surface area (Å²) >= 11 is 0. The summed E-state index contributed by atoms with van der Waals surface area (Å²) < 4.78 is 5.65. The Labute approximate surface area is 133 Å². The van der Waals surface area contributed by atoms with E-state index >= 15 is 0 Å². The van der Waals surface area contributed by atoms with Crippen molar-refractivity contribution in [2.45, 2.75) is 83.0 Å². The van der Waals surface area contributed by atoms with Gasteiger partial charge in [0.2, 0.25) is 0 Å². The highest BCUT2D eigenvalue weighted by molar-refractivity contribution is 5.85. The lowest BCUT2D eigenvalue weighted by atomic mass is 9.75. The van der Waals surface area contributed by atoms with Crippen LogP contribution in [0, 0.1) is 17.8 Å². The summed E-state index contributed by atoms with van der Waals surface area (Å²) in [6.45, 7) is 0.770. The fourth-order valence-corrected chi connectivity index (χ4v) is 4.56. The number of β-lactam (4-membered cyclic amide) rings is 1. The maximum atomic E-state index is 12.6. The largest absolute Gasteiger partial charge is 0.350 e. The number of hydroxylamine groups is 2. The molecule has 0 radical (unpaired) electrons. The summed E-state index contributed by atoms with van der Waals surface area (Å²) in [6, 6.07) is 0.347. The van der Waals surface area contributed by atoms with Gasteiger partial charge in [-0.05, 0) is 43.9 Å². The minimum absolute atomic E-state index is 0.186. The molecule has 4 fully saturated rings. The van der Waals surface area contributed by atoms with E-state index < -0.39 is 0 Å². The first-order valence-corrected chi connectivity index (χ1v) is 9.44. The number of hydrogen-bond donors (Lipinski definition) is 0. The number of amides is 1. The monoisotopic (exact) mass is 307 g/mol. The second-order valence-electron chi connectivity index (χ2n) is 7.74. The molecule has 1 unspecified atom stereocenters. The molecule has 4 rings (SSSR count). The molecule has 22 heavy (non-hydrogen) atoms. The van der Waals surface area contributed by atoms with E-state index in [1.807, 2.05) is 0 Å². The van der Waals surface area contributed by atoms with Crippen LogP contribution >= 0.6 is 0 Å². The average molecular weight is 307 g/mol. The number of carbonyl (C=O) groups excluding carboxylic acids is 1. The highest BCUT2D eigenvalue weighted by atomic mass is 16.8. The van der Waals surface area contributed by atoms with Gasteiger partial charge in [-0.3, -0.25) is 4.79 Å². The zero-order valence-corrected chi connectivity index (χ0v) is 13.5. The molecule has 3 atom stereocenters. The fourth-order valence-electron chi connectivity index (χ4n) is 4.56. The van der Waals surface area contributed by atoms with Crippen LogP contribution in [-0.2, 0) is 14.4 Å². The van der Waals surface area contributed by atoms with Gasteiger partial charge in [-0.1, -0.05) is 32.1 Å². The molecule has 0 N–H and O–H groups in total. The van der Waals surface area contributed by atoms with Gasteiger partial charge in [0, 0.05) is 13.0 Å². The summed E-state index contributed by atoms with van der Waals surface area (Å²) in [7, 11) is 0. The van der Waals surface area contributed by atoms with E-state index in [-0.39, 0.29) is 18.1 Å². The van der Waals surface area contributed by atoms with Gasteiger partial charge in [0.15, 0.2) is 6.29 Å². The molecule has 2 aliphatic heterocycles. The van der Waals surface area contributed by atoms with Crippen LogP contribution in [0.2, 0.25) is 0 Å². The minimum atomic E-state index is -0.186. The smallest absolute Gasteiger partial charge is 0.251 e. The van der Waals surface area contributed by atoms with Gasteiger partial charge in [-0.2, -0.15) is 0 Å². The summed E-state index contributed by atoms with van der Waals surface area (Å²) in [4.78, 5) is 18.5. The number of rotatable bonds is 5. The summed E-state index contributed by atoms with van der Waals surface area (Å²) in [5.41, 5.74) is 0. The number of hydrogen-bond acceptors (Lipinski definition) is 3. The van der Waals surface area contributed by atoms with Crippen molar-refractivity contribution in [1.29, 1.82) is 0 Å². The van der Waals surface area contributed by atoms with Gasteiger partial charge in [0.05, 0.1) is 12.0 Å². The molecule has 2 aliphatic carbocycles. The number of nitrogens with zero attached hydrogens (tertiary/aromatic N) is 1. The zero-order valence-electron chi connectivity index (χ0n) is 13.5. The topological polar surface area (TPSA) is 38.8 Å². The Balaban J connectivity index is 1.35. The average Bonchev–Trinajstić information content (AvgIpc) is 3.39. The Morgan fingerprint density at radius 2 is 1.77 bits per heavy atom. The van der Waals surface area contributed by atoms with E-state index in [1.54, 1.807) is 5.06 Å². The summed E-state index contributed by atoms with van der Waals surface area (Å²) in [5, 5.41) is 1.71. The molecule has 4 aliphatic rings. The highest BCUT2D eigenvalue weighted by Gasteiger charge is 2.56. The lowest BCUT2D eigenvalue weighted by molar-refractivity contribution is -0.322. The third-order valence-electron chi connectivity index (χ3n) is 6.00. The van der Waals surface area contributed by atoms with Gasteiger partial charge in [0.1, 0.15) is 0 Å². The SMILES string of the molecule is O=C1[C@H](CC2CCCCC2)[C@H](C2CC2)N1OC1CCCCO1. The van der Waals surface area contributed by atoms with Crippen LogP contribution in [0.4, 0.5) is 0 Å². The van der Waals surface area contributed by atoms with Crippen molar-refractivity contribution in [2.75, 3.05) is 6.61 Å². The highest BCUT2D eigenvalue weighted by Crippen LogP contribution is 2.48. The van der Waals surface area contributed by atoms with Crippen LogP contribution < -0.4 is 0 Å². The van der Waals surface area contributed by atoms with Crippen LogP contribution in [0.3, 0.4) is 0 Å². The van der Waals surface area contributed by atoms with E-state index in [0.717, 1.165) is 38.2 Å². The zero-order chi connectivity index (χ0) is 14.9. The third kappa shape index (κ3) is 3.05. The Kier molecular flexibility index (Phi) is 4.40.